The van der Waals surface area contributed by atoms with Crippen LogP contribution < -0.4 is 10.9 Å². The molecule has 118 valence electrons. The summed E-state index contributed by atoms with van der Waals surface area (Å²) in [6.45, 7) is 0.530. The molecule has 24 heavy (non-hydrogen) atoms. The Kier molecular flexibility index (Phi) is 3.51. The van der Waals surface area contributed by atoms with Gasteiger partial charge in [0.05, 0.1) is 24.8 Å². The molecule has 0 aliphatic heterocycles. The van der Waals surface area contributed by atoms with Crippen LogP contribution in [0, 0.1) is 0 Å². The van der Waals surface area contributed by atoms with Crippen LogP contribution in [0.1, 0.15) is 5.56 Å². The zero-order valence-corrected chi connectivity index (χ0v) is 12.7. The fourth-order valence-corrected chi connectivity index (χ4v) is 2.55. The van der Waals surface area contributed by atoms with E-state index in [4.69, 9.17) is 0 Å². The van der Waals surface area contributed by atoms with E-state index in [2.05, 4.69) is 25.4 Å². The molecule has 3 heterocycles. The van der Waals surface area contributed by atoms with Gasteiger partial charge in [-0.1, -0.05) is 30.3 Å². The van der Waals surface area contributed by atoms with Crippen molar-refractivity contribution in [2.75, 3.05) is 5.32 Å². The van der Waals surface area contributed by atoms with E-state index >= 15 is 0 Å². The van der Waals surface area contributed by atoms with Crippen molar-refractivity contribution in [3.63, 3.8) is 0 Å². The van der Waals surface area contributed by atoms with Crippen LogP contribution in [0.2, 0.25) is 0 Å². The van der Waals surface area contributed by atoms with Crippen molar-refractivity contribution in [1.82, 2.24) is 24.7 Å². The molecular weight excluding hydrogens is 304 g/mol. The first-order chi connectivity index (χ1) is 11.8. The fraction of sp³-hybridized carbons (Fsp3) is 0.0588. The van der Waals surface area contributed by atoms with E-state index in [-0.39, 0.29) is 5.56 Å². The van der Waals surface area contributed by atoms with Crippen molar-refractivity contribution in [2.45, 2.75) is 6.54 Å². The first kappa shape index (κ1) is 14.1. The van der Waals surface area contributed by atoms with Crippen molar-refractivity contribution in [2.24, 2.45) is 0 Å². The van der Waals surface area contributed by atoms with Crippen molar-refractivity contribution < 1.29 is 0 Å². The highest BCUT2D eigenvalue weighted by Crippen LogP contribution is 2.21. The second kappa shape index (κ2) is 5.96. The number of pyridine rings is 1. The predicted octanol–water partition coefficient (Wildman–Crippen LogP) is 2.31. The predicted molar refractivity (Wildman–Crippen MR) is 91.2 cm³/mol. The molecule has 0 amide bonds. The topological polar surface area (TPSA) is 88.5 Å². The van der Waals surface area contributed by atoms with E-state index in [9.17, 15) is 4.79 Å². The highest BCUT2D eigenvalue weighted by molar-refractivity contribution is 5.88. The van der Waals surface area contributed by atoms with E-state index in [0.29, 0.717) is 23.4 Å². The minimum atomic E-state index is -0.231. The Morgan fingerprint density at radius 3 is 2.79 bits per heavy atom. The summed E-state index contributed by atoms with van der Waals surface area (Å²) < 4.78 is 1.72. The number of nitrogens with zero attached hydrogens (tertiary/aromatic N) is 4. The number of aromatic nitrogens is 5. The zero-order chi connectivity index (χ0) is 16.4. The average molecular weight is 318 g/mol. The van der Waals surface area contributed by atoms with Gasteiger partial charge in [0.25, 0.3) is 5.56 Å². The number of H-pyrrole nitrogens is 1. The molecule has 0 radical (unpaired) electrons. The van der Waals surface area contributed by atoms with Crippen LogP contribution in [-0.4, -0.2) is 24.7 Å². The fourth-order valence-electron chi connectivity index (χ4n) is 2.55. The highest BCUT2D eigenvalue weighted by atomic mass is 16.1. The standard InChI is InChI=1S/C17H14N6O/c24-17-14-15(21-13-7-4-8-18-9-13)22-23(16(14)19-11-20-17)10-12-5-2-1-3-6-12/h1-9,11H,10H2,(H,21,22)(H,19,20,24). The summed E-state index contributed by atoms with van der Waals surface area (Å²) in [7, 11) is 0. The molecule has 0 fully saturated rings. The van der Waals surface area contributed by atoms with Gasteiger partial charge in [-0.3, -0.25) is 9.78 Å². The molecular formula is C17H14N6O. The number of rotatable bonds is 4. The molecule has 4 rings (SSSR count). The van der Waals surface area contributed by atoms with Gasteiger partial charge in [0.2, 0.25) is 0 Å². The van der Waals surface area contributed by atoms with Gasteiger partial charge in [-0.25, -0.2) is 9.67 Å². The zero-order valence-electron chi connectivity index (χ0n) is 12.7. The highest BCUT2D eigenvalue weighted by Gasteiger charge is 2.15. The molecule has 0 aliphatic carbocycles. The number of aromatic amines is 1. The maximum atomic E-state index is 12.3. The summed E-state index contributed by atoms with van der Waals surface area (Å²) in [6.07, 6.45) is 4.75. The third-order valence-electron chi connectivity index (χ3n) is 3.63. The summed E-state index contributed by atoms with van der Waals surface area (Å²) >= 11 is 0. The molecule has 7 heteroatoms. The number of nitrogens with one attached hydrogen (secondary N) is 2. The molecule has 0 saturated carbocycles. The van der Waals surface area contributed by atoms with E-state index in [1.165, 1.54) is 6.33 Å². The lowest BCUT2D eigenvalue weighted by Gasteiger charge is -2.03. The van der Waals surface area contributed by atoms with Crippen LogP contribution in [0.15, 0.2) is 66.0 Å². The monoisotopic (exact) mass is 318 g/mol. The maximum absolute atomic E-state index is 12.3. The molecule has 0 spiro atoms. The molecule has 0 unspecified atom stereocenters. The van der Waals surface area contributed by atoms with Gasteiger partial charge in [-0.15, -0.1) is 0 Å². The van der Waals surface area contributed by atoms with Crippen molar-refractivity contribution in [3.05, 3.63) is 77.1 Å². The van der Waals surface area contributed by atoms with Gasteiger partial charge in [-0.2, -0.15) is 5.10 Å². The van der Waals surface area contributed by atoms with E-state index in [1.807, 2.05) is 42.5 Å². The Labute approximate surface area is 137 Å². The van der Waals surface area contributed by atoms with E-state index in [0.717, 1.165) is 11.3 Å². The van der Waals surface area contributed by atoms with Gasteiger partial charge in [0.1, 0.15) is 5.39 Å². The van der Waals surface area contributed by atoms with E-state index < -0.39 is 0 Å². The lowest BCUT2D eigenvalue weighted by Crippen LogP contribution is -2.08. The molecule has 0 atom stereocenters. The normalized spacial score (nSPS) is 10.8. The SMILES string of the molecule is O=c1[nH]cnc2c1c(Nc1cccnc1)nn2Cc1ccccc1. The Balaban J connectivity index is 1.81. The van der Waals surface area contributed by atoms with Crippen molar-refractivity contribution in [1.29, 1.82) is 0 Å². The molecule has 2 N–H and O–H groups in total. The third kappa shape index (κ3) is 2.63. The van der Waals surface area contributed by atoms with Crippen LogP contribution >= 0.6 is 0 Å². The summed E-state index contributed by atoms with van der Waals surface area (Å²) in [5.41, 5.74) is 2.14. The van der Waals surface area contributed by atoms with E-state index in [1.54, 1.807) is 17.1 Å². The Bertz CT molecular complexity index is 1020. The van der Waals surface area contributed by atoms with Gasteiger partial charge in [0, 0.05) is 6.20 Å². The van der Waals surface area contributed by atoms with Crippen LogP contribution in [0.5, 0.6) is 0 Å². The quantitative estimate of drug-likeness (QED) is 0.603. The molecule has 7 nitrogen and oxygen atoms in total. The number of benzene rings is 1. The van der Waals surface area contributed by atoms with Crippen LogP contribution in [0.4, 0.5) is 11.5 Å². The maximum Gasteiger partial charge on any atom is 0.264 e. The van der Waals surface area contributed by atoms with Crippen LogP contribution in [-0.2, 0) is 6.54 Å². The number of hydrogen-bond acceptors (Lipinski definition) is 5. The minimum Gasteiger partial charge on any atom is -0.337 e. The molecule has 3 aromatic heterocycles. The van der Waals surface area contributed by atoms with Gasteiger partial charge in [0.15, 0.2) is 11.5 Å². The second-order valence-electron chi connectivity index (χ2n) is 5.29. The first-order valence-corrected chi connectivity index (χ1v) is 7.46. The molecule has 0 saturated heterocycles. The lowest BCUT2D eigenvalue weighted by molar-refractivity contribution is 0.706. The number of anilines is 2. The Hall–Kier alpha value is -3.48. The van der Waals surface area contributed by atoms with Gasteiger partial charge < -0.3 is 10.3 Å². The third-order valence-corrected chi connectivity index (χ3v) is 3.63. The minimum absolute atomic E-state index is 0.231. The largest absolute Gasteiger partial charge is 0.337 e. The number of fused-ring (bicyclic) bond motifs is 1. The average Bonchev–Trinajstić information content (AvgIpc) is 2.95. The molecule has 1 aromatic carbocycles. The molecule has 0 aliphatic rings. The Morgan fingerprint density at radius 2 is 2.00 bits per heavy atom. The summed E-state index contributed by atoms with van der Waals surface area (Å²) in [5, 5.41) is 8.10. The van der Waals surface area contributed by atoms with Crippen molar-refractivity contribution in [3.8, 4) is 0 Å². The van der Waals surface area contributed by atoms with Gasteiger partial charge >= 0.3 is 0 Å². The second-order valence-corrected chi connectivity index (χ2v) is 5.29. The summed E-state index contributed by atoms with van der Waals surface area (Å²) in [5.74, 6) is 0.461. The summed E-state index contributed by atoms with van der Waals surface area (Å²) in [6, 6.07) is 13.6. The molecule has 0 bridgehead atoms. The number of hydrogen-bond donors (Lipinski definition) is 2. The van der Waals surface area contributed by atoms with Gasteiger partial charge in [-0.05, 0) is 17.7 Å². The van der Waals surface area contributed by atoms with Crippen LogP contribution in [0.3, 0.4) is 0 Å². The summed E-state index contributed by atoms with van der Waals surface area (Å²) in [4.78, 5) is 23.2. The van der Waals surface area contributed by atoms with Crippen molar-refractivity contribution >= 4 is 22.5 Å². The first-order valence-electron chi connectivity index (χ1n) is 7.46. The van der Waals surface area contributed by atoms with Crippen LogP contribution in [0.25, 0.3) is 11.0 Å². The molecule has 4 aromatic rings. The lowest BCUT2D eigenvalue weighted by atomic mass is 10.2. The Morgan fingerprint density at radius 1 is 1.12 bits per heavy atom. The smallest absolute Gasteiger partial charge is 0.264 e.